The Morgan fingerprint density at radius 3 is 2.11 bits per heavy atom. The summed E-state index contributed by atoms with van der Waals surface area (Å²) in [5.74, 6) is -0.271. The van der Waals surface area contributed by atoms with E-state index in [1.165, 1.54) is 10.4 Å². The largest absolute Gasteiger partial charge is 0.322 e. The molecule has 1 N–H and O–H groups in total. The molecule has 0 heterocycles. The molecule has 1 amide bonds. The van der Waals surface area contributed by atoms with E-state index in [1.807, 2.05) is 12.1 Å². The monoisotopic (exact) mass is 388 g/mol. The summed E-state index contributed by atoms with van der Waals surface area (Å²) in [6.45, 7) is 10.7. The van der Waals surface area contributed by atoms with Crippen molar-refractivity contribution >= 4 is 21.6 Å². The molecule has 0 radical (unpaired) electrons. The molecule has 2 aromatic rings. The van der Waals surface area contributed by atoms with Crippen molar-refractivity contribution < 1.29 is 13.2 Å². The zero-order valence-corrected chi connectivity index (χ0v) is 17.4. The fraction of sp³-hybridized carbons (Fsp3) is 0.381. The van der Waals surface area contributed by atoms with Crippen LogP contribution in [-0.4, -0.2) is 31.7 Å². The van der Waals surface area contributed by atoms with Crippen LogP contribution in [0, 0.1) is 0 Å². The summed E-state index contributed by atoms with van der Waals surface area (Å²) in [6.07, 6.45) is 0. The molecule has 0 saturated carbocycles. The summed E-state index contributed by atoms with van der Waals surface area (Å²) in [5, 5.41) is 2.78. The van der Waals surface area contributed by atoms with E-state index < -0.39 is 10.0 Å². The van der Waals surface area contributed by atoms with Crippen molar-refractivity contribution in [3.63, 3.8) is 0 Å². The molecular formula is C21H28N2O3S. The van der Waals surface area contributed by atoms with Crippen LogP contribution in [0.5, 0.6) is 0 Å². The smallest absolute Gasteiger partial charge is 0.255 e. The van der Waals surface area contributed by atoms with Crippen LogP contribution >= 0.6 is 0 Å². The molecule has 146 valence electrons. The highest BCUT2D eigenvalue weighted by Gasteiger charge is 2.22. The predicted octanol–water partition coefficient (Wildman–Crippen LogP) is 4.27. The molecule has 6 heteroatoms. The minimum atomic E-state index is -3.56. The summed E-state index contributed by atoms with van der Waals surface area (Å²) in [6, 6.07) is 13.8. The first-order chi connectivity index (χ1) is 12.6. The van der Waals surface area contributed by atoms with Crippen molar-refractivity contribution in [2.24, 2.45) is 0 Å². The molecule has 0 spiro atoms. The lowest BCUT2D eigenvalue weighted by molar-refractivity contribution is 0.102. The van der Waals surface area contributed by atoms with Crippen molar-refractivity contribution in [1.29, 1.82) is 0 Å². The normalized spacial score (nSPS) is 12.2. The second-order valence-electron chi connectivity index (χ2n) is 7.40. The summed E-state index contributed by atoms with van der Waals surface area (Å²) < 4.78 is 26.7. The highest BCUT2D eigenvalue weighted by molar-refractivity contribution is 7.89. The van der Waals surface area contributed by atoms with E-state index in [1.54, 1.807) is 44.2 Å². The number of nitrogens with one attached hydrogen (secondary N) is 1. The Balaban J connectivity index is 2.22. The van der Waals surface area contributed by atoms with Gasteiger partial charge < -0.3 is 5.32 Å². The molecule has 0 saturated heterocycles. The molecular weight excluding hydrogens is 360 g/mol. The first-order valence-corrected chi connectivity index (χ1v) is 10.6. The van der Waals surface area contributed by atoms with Gasteiger partial charge in [-0.1, -0.05) is 52.8 Å². The highest BCUT2D eigenvalue weighted by Crippen LogP contribution is 2.23. The van der Waals surface area contributed by atoms with Gasteiger partial charge in [-0.3, -0.25) is 4.79 Å². The minimum absolute atomic E-state index is 0.0160. The number of amides is 1. The average molecular weight is 389 g/mol. The Kier molecular flexibility index (Phi) is 6.44. The lowest BCUT2D eigenvalue weighted by Crippen LogP contribution is -2.30. The van der Waals surface area contributed by atoms with Crippen molar-refractivity contribution in [2.75, 3.05) is 18.4 Å². The van der Waals surface area contributed by atoms with Crippen molar-refractivity contribution in [2.45, 2.75) is 44.9 Å². The highest BCUT2D eigenvalue weighted by atomic mass is 32.2. The average Bonchev–Trinajstić information content (AvgIpc) is 2.62. The number of rotatable bonds is 6. The Morgan fingerprint density at radius 1 is 1.00 bits per heavy atom. The van der Waals surface area contributed by atoms with Crippen molar-refractivity contribution in [3.05, 3.63) is 59.7 Å². The molecule has 2 rings (SSSR count). The summed E-state index contributed by atoms with van der Waals surface area (Å²) >= 11 is 0. The van der Waals surface area contributed by atoms with E-state index >= 15 is 0 Å². The molecule has 0 aromatic heterocycles. The van der Waals surface area contributed by atoms with Crippen LogP contribution in [0.1, 0.15) is 50.5 Å². The second-order valence-corrected chi connectivity index (χ2v) is 9.34. The number of hydrogen-bond donors (Lipinski definition) is 1. The number of sulfonamides is 1. The van der Waals surface area contributed by atoms with Crippen LogP contribution in [0.2, 0.25) is 0 Å². The topological polar surface area (TPSA) is 66.5 Å². The van der Waals surface area contributed by atoms with Crippen molar-refractivity contribution in [3.8, 4) is 0 Å². The van der Waals surface area contributed by atoms with E-state index in [0.717, 1.165) is 5.56 Å². The summed E-state index contributed by atoms with van der Waals surface area (Å²) in [7, 11) is -3.56. The van der Waals surface area contributed by atoms with Crippen molar-refractivity contribution in [1.82, 2.24) is 4.31 Å². The van der Waals surface area contributed by atoms with Gasteiger partial charge >= 0.3 is 0 Å². The van der Waals surface area contributed by atoms with Crippen LogP contribution in [0.4, 0.5) is 5.69 Å². The fourth-order valence-electron chi connectivity index (χ4n) is 2.77. The number of carbonyl (C=O) groups is 1. The maximum atomic E-state index is 12.6. The van der Waals surface area contributed by atoms with Gasteiger partial charge in [0.1, 0.15) is 0 Å². The number of anilines is 1. The van der Waals surface area contributed by atoms with Crippen LogP contribution in [0.15, 0.2) is 53.4 Å². The Bertz CT molecular complexity index is 894. The van der Waals surface area contributed by atoms with Crippen LogP contribution in [-0.2, 0) is 15.4 Å². The van der Waals surface area contributed by atoms with Gasteiger partial charge in [-0.25, -0.2) is 8.42 Å². The van der Waals surface area contributed by atoms with Gasteiger partial charge in [0.2, 0.25) is 10.0 Å². The van der Waals surface area contributed by atoms with E-state index in [-0.39, 0.29) is 16.2 Å². The third kappa shape index (κ3) is 4.96. The molecule has 2 aromatic carbocycles. The molecule has 0 aliphatic carbocycles. The third-order valence-electron chi connectivity index (χ3n) is 4.45. The maximum absolute atomic E-state index is 12.6. The zero-order valence-electron chi connectivity index (χ0n) is 16.6. The van der Waals surface area contributed by atoms with Crippen LogP contribution in [0.25, 0.3) is 0 Å². The molecule has 0 bridgehead atoms. The molecule has 0 fully saturated rings. The lowest BCUT2D eigenvalue weighted by Gasteiger charge is -2.19. The SMILES string of the molecule is CCN(CC)S(=O)(=O)c1cccc(NC(=O)c2ccc(C(C)(C)C)cc2)c1. The van der Waals surface area contributed by atoms with E-state index in [2.05, 4.69) is 26.1 Å². The van der Waals surface area contributed by atoms with Crippen LogP contribution < -0.4 is 5.32 Å². The standard InChI is InChI=1S/C21H28N2O3S/c1-6-23(7-2)27(25,26)19-10-8-9-18(15-19)22-20(24)16-11-13-17(14-12-16)21(3,4)5/h8-15H,6-7H2,1-5H3,(H,22,24). The Hall–Kier alpha value is -2.18. The van der Waals surface area contributed by atoms with Gasteiger partial charge in [0, 0.05) is 24.3 Å². The minimum Gasteiger partial charge on any atom is -0.322 e. The molecule has 0 unspecified atom stereocenters. The number of nitrogens with zero attached hydrogens (tertiary/aromatic N) is 1. The predicted molar refractivity (Wildman–Crippen MR) is 110 cm³/mol. The van der Waals surface area contributed by atoms with Gasteiger partial charge in [0.05, 0.1) is 4.90 Å². The second kappa shape index (κ2) is 8.23. The Labute approximate surface area is 162 Å². The fourth-order valence-corrected chi connectivity index (χ4v) is 4.28. The van der Waals surface area contributed by atoms with E-state index in [4.69, 9.17) is 0 Å². The molecule has 0 aliphatic heterocycles. The first-order valence-electron chi connectivity index (χ1n) is 9.11. The zero-order chi connectivity index (χ0) is 20.2. The van der Waals surface area contributed by atoms with Gasteiger partial charge in [-0.2, -0.15) is 4.31 Å². The molecule has 0 aliphatic rings. The number of hydrogen-bond acceptors (Lipinski definition) is 3. The molecule has 27 heavy (non-hydrogen) atoms. The third-order valence-corrected chi connectivity index (χ3v) is 6.49. The van der Waals surface area contributed by atoms with Gasteiger partial charge in [-0.05, 0) is 41.3 Å². The van der Waals surface area contributed by atoms with Crippen LogP contribution in [0.3, 0.4) is 0 Å². The maximum Gasteiger partial charge on any atom is 0.255 e. The number of carbonyl (C=O) groups excluding carboxylic acids is 1. The Morgan fingerprint density at radius 2 is 1.59 bits per heavy atom. The van der Waals surface area contributed by atoms with E-state index in [0.29, 0.717) is 24.3 Å². The molecule has 0 atom stereocenters. The summed E-state index contributed by atoms with van der Waals surface area (Å²) in [5.41, 5.74) is 2.14. The van der Waals surface area contributed by atoms with Gasteiger partial charge in [-0.15, -0.1) is 0 Å². The lowest BCUT2D eigenvalue weighted by atomic mass is 9.87. The van der Waals surface area contributed by atoms with E-state index in [9.17, 15) is 13.2 Å². The van der Waals surface area contributed by atoms with Gasteiger partial charge in [0.15, 0.2) is 0 Å². The quantitative estimate of drug-likeness (QED) is 0.804. The molecule has 5 nitrogen and oxygen atoms in total. The summed E-state index contributed by atoms with van der Waals surface area (Å²) in [4.78, 5) is 12.7. The first kappa shape index (κ1) is 21.1. The van der Waals surface area contributed by atoms with Gasteiger partial charge in [0.25, 0.3) is 5.91 Å². The number of benzene rings is 2.